The number of nitrogens with zero attached hydrogens (tertiary/aromatic N) is 4. The molecule has 0 unspecified atom stereocenters. The zero-order chi connectivity index (χ0) is 19.6. The highest BCUT2D eigenvalue weighted by Crippen LogP contribution is 2.23. The minimum atomic E-state index is 0.372. The van der Waals surface area contributed by atoms with Crippen molar-refractivity contribution < 1.29 is 4.74 Å². The van der Waals surface area contributed by atoms with Gasteiger partial charge in [-0.25, -0.2) is 0 Å². The summed E-state index contributed by atoms with van der Waals surface area (Å²) in [5.74, 6) is 2.75. The van der Waals surface area contributed by atoms with Crippen LogP contribution in [0, 0.1) is 0 Å². The van der Waals surface area contributed by atoms with Crippen molar-refractivity contribution in [1.29, 1.82) is 0 Å². The molecule has 1 aromatic carbocycles. The Labute approximate surface area is 167 Å². The molecule has 7 nitrogen and oxygen atoms in total. The van der Waals surface area contributed by atoms with Crippen LogP contribution in [0.4, 0.5) is 0 Å². The second-order valence-electron chi connectivity index (χ2n) is 7.17. The lowest BCUT2D eigenvalue weighted by molar-refractivity contribution is 0.155. The van der Waals surface area contributed by atoms with Crippen LogP contribution in [0.5, 0.6) is 5.75 Å². The van der Waals surface area contributed by atoms with Crippen molar-refractivity contribution in [2.75, 3.05) is 13.6 Å². The summed E-state index contributed by atoms with van der Waals surface area (Å²) >= 11 is 0. The maximum atomic E-state index is 6.17. The zero-order valence-corrected chi connectivity index (χ0v) is 17.0. The lowest BCUT2D eigenvalue weighted by Gasteiger charge is -2.23. The number of ether oxygens (including phenoxy) is 1. The lowest BCUT2D eigenvalue weighted by atomic mass is 9.98. The first-order chi connectivity index (χ1) is 13.8. The van der Waals surface area contributed by atoms with Crippen LogP contribution in [0.2, 0.25) is 0 Å². The average molecular weight is 385 g/mol. The minimum absolute atomic E-state index is 0.372. The van der Waals surface area contributed by atoms with E-state index in [1.807, 2.05) is 0 Å². The third-order valence-electron chi connectivity index (χ3n) is 5.09. The van der Waals surface area contributed by atoms with Gasteiger partial charge in [-0.05, 0) is 43.4 Å². The molecule has 3 rings (SSSR count). The normalized spacial score (nSPS) is 15.4. The van der Waals surface area contributed by atoms with Gasteiger partial charge in [-0.2, -0.15) is 0 Å². The molecule has 1 aliphatic rings. The van der Waals surface area contributed by atoms with Gasteiger partial charge in [-0.15, -0.1) is 10.2 Å². The molecular weight excluding hydrogens is 352 g/mol. The molecule has 1 saturated carbocycles. The predicted molar refractivity (Wildman–Crippen MR) is 112 cm³/mol. The van der Waals surface area contributed by atoms with Gasteiger partial charge in [0.1, 0.15) is 17.9 Å². The number of aryl methyl sites for hydroxylation is 1. The summed E-state index contributed by atoms with van der Waals surface area (Å²) in [6.45, 7) is 4.35. The Morgan fingerprint density at radius 1 is 1.25 bits per heavy atom. The number of hydrogen-bond acceptors (Lipinski definition) is 4. The number of hydrogen-bond donors (Lipinski definition) is 2. The van der Waals surface area contributed by atoms with Crippen LogP contribution in [0.1, 0.15) is 50.4 Å². The number of nitrogens with one attached hydrogen (secondary N) is 2. The van der Waals surface area contributed by atoms with E-state index in [9.17, 15) is 0 Å². The number of aromatic nitrogens is 3. The Balaban J connectivity index is 1.44. The van der Waals surface area contributed by atoms with E-state index < -0.39 is 0 Å². The van der Waals surface area contributed by atoms with Gasteiger partial charge < -0.3 is 19.9 Å². The molecule has 152 valence electrons. The van der Waals surface area contributed by atoms with Crippen molar-refractivity contribution in [1.82, 2.24) is 25.4 Å². The molecule has 2 aromatic rings. The lowest BCUT2D eigenvalue weighted by Crippen LogP contribution is -2.38. The third kappa shape index (κ3) is 5.97. The fraction of sp³-hybridized carbons (Fsp3) is 0.571. The molecule has 0 atom stereocenters. The van der Waals surface area contributed by atoms with Gasteiger partial charge in [0.15, 0.2) is 5.96 Å². The fourth-order valence-corrected chi connectivity index (χ4v) is 3.54. The van der Waals surface area contributed by atoms with E-state index >= 15 is 0 Å². The molecule has 0 amide bonds. The quantitative estimate of drug-likeness (QED) is 0.541. The van der Waals surface area contributed by atoms with Crippen molar-refractivity contribution in [3.05, 3.63) is 42.0 Å². The van der Waals surface area contributed by atoms with E-state index in [0.29, 0.717) is 12.6 Å². The molecule has 1 fully saturated rings. The van der Waals surface area contributed by atoms with Crippen LogP contribution in [-0.2, 0) is 19.5 Å². The van der Waals surface area contributed by atoms with Crippen LogP contribution < -0.4 is 15.4 Å². The third-order valence-corrected chi connectivity index (χ3v) is 5.09. The number of benzene rings is 1. The van der Waals surface area contributed by atoms with E-state index in [1.54, 1.807) is 13.4 Å². The molecule has 28 heavy (non-hydrogen) atoms. The highest BCUT2D eigenvalue weighted by molar-refractivity contribution is 5.79. The molecule has 0 bridgehead atoms. The minimum Gasteiger partial charge on any atom is -0.490 e. The summed E-state index contributed by atoms with van der Waals surface area (Å²) in [7, 11) is 1.79. The van der Waals surface area contributed by atoms with Crippen molar-refractivity contribution in [3.63, 3.8) is 0 Å². The molecule has 0 saturated heterocycles. The number of aliphatic imine (C=N–C) groups is 1. The Kier molecular flexibility index (Phi) is 7.70. The highest BCUT2D eigenvalue weighted by atomic mass is 16.5. The molecule has 0 radical (unpaired) electrons. The van der Waals surface area contributed by atoms with E-state index in [2.05, 4.69) is 61.6 Å². The standard InChI is InChI=1S/C21H32N6O/c1-3-20-26-25-16-27(20)13-12-23-21(22-2)24-15-17-8-7-11-19(14-17)28-18-9-5-4-6-10-18/h7-8,11,14,16,18H,3-6,9-10,12-13,15H2,1-2H3,(H2,22,23,24). The maximum Gasteiger partial charge on any atom is 0.191 e. The van der Waals surface area contributed by atoms with Gasteiger partial charge in [0, 0.05) is 33.1 Å². The van der Waals surface area contributed by atoms with Gasteiger partial charge >= 0.3 is 0 Å². The summed E-state index contributed by atoms with van der Waals surface area (Å²) in [6.07, 6.45) is 9.27. The fourth-order valence-electron chi connectivity index (χ4n) is 3.54. The van der Waals surface area contributed by atoms with E-state index in [4.69, 9.17) is 4.74 Å². The smallest absolute Gasteiger partial charge is 0.191 e. The first-order valence-electron chi connectivity index (χ1n) is 10.3. The van der Waals surface area contributed by atoms with Crippen molar-refractivity contribution in [3.8, 4) is 5.75 Å². The maximum absolute atomic E-state index is 6.17. The van der Waals surface area contributed by atoms with Crippen molar-refractivity contribution in [2.45, 2.75) is 64.6 Å². The van der Waals surface area contributed by atoms with Crippen LogP contribution >= 0.6 is 0 Å². The Bertz CT molecular complexity index is 751. The van der Waals surface area contributed by atoms with Crippen LogP contribution in [0.3, 0.4) is 0 Å². The molecule has 7 heteroatoms. The van der Waals surface area contributed by atoms with Gasteiger partial charge in [0.05, 0.1) is 6.10 Å². The van der Waals surface area contributed by atoms with Crippen LogP contribution in [-0.4, -0.2) is 40.4 Å². The van der Waals surface area contributed by atoms with Gasteiger partial charge in [-0.3, -0.25) is 4.99 Å². The van der Waals surface area contributed by atoms with Gasteiger partial charge in [0.25, 0.3) is 0 Å². The van der Waals surface area contributed by atoms with Crippen molar-refractivity contribution in [2.24, 2.45) is 4.99 Å². The molecular formula is C21H32N6O. The van der Waals surface area contributed by atoms with Crippen molar-refractivity contribution >= 4 is 5.96 Å². The monoisotopic (exact) mass is 384 g/mol. The summed E-state index contributed by atoms with van der Waals surface area (Å²) in [5.41, 5.74) is 1.18. The highest BCUT2D eigenvalue weighted by Gasteiger charge is 2.14. The van der Waals surface area contributed by atoms with Crippen LogP contribution in [0.15, 0.2) is 35.6 Å². The van der Waals surface area contributed by atoms with Gasteiger partial charge in [0.2, 0.25) is 0 Å². The molecule has 1 aliphatic carbocycles. The first kappa shape index (κ1) is 20.2. The Hall–Kier alpha value is -2.57. The van der Waals surface area contributed by atoms with E-state index in [1.165, 1.54) is 37.7 Å². The Morgan fingerprint density at radius 3 is 2.89 bits per heavy atom. The summed E-state index contributed by atoms with van der Waals surface area (Å²) in [6, 6.07) is 8.34. The van der Waals surface area contributed by atoms with E-state index in [-0.39, 0.29) is 0 Å². The molecule has 1 heterocycles. The predicted octanol–water partition coefficient (Wildman–Crippen LogP) is 2.92. The van der Waals surface area contributed by atoms with E-state index in [0.717, 1.165) is 37.0 Å². The number of rotatable bonds is 8. The average Bonchev–Trinajstić information content (AvgIpc) is 3.19. The molecule has 0 aliphatic heterocycles. The number of guanidine groups is 1. The SMILES string of the molecule is CCc1nncn1CCNC(=NC)NCc1cccc(OC2CCCCC2)c1. The van der Waals surface area contributed by atoms with Gasteiger partial charge in [-0.1, -0.05) is 25.5 Å². The summed E-state index contributed by atoms with van der Waals surface area (Å²) < 4.78 is 8.23. The molecule has 0 spiro atoms. The largest absolute Gasteiger partial charge is 0.490 e. The zero-order valence-electron chi connectivity index (χ0n) is 17.0. The summed E-state index contributed by atoms with van der Waals surface area (Å²) in [4.78, 5) is 4.30. The molecule has 2 N–H and O–H groups in total. The topological polar surface area (TPSA) is 76.4 Å². The van der Waals surface area contributed by atoms with Crippen LogP contribution in [0.25, 0.3) is 0 Å². The Morgan fingerprint density at radius 2 is 2.11 bits per heavy atom. The first-order valence-corrected chi connectivity index (χ1v) is 10.3. The molecule has 1 aromatic heterocycles. The second kappa shape index (κ2) is 10.7. The second-order valence-corrected chi connectivity index (χ2v) is 7.17. The summed E-state index contributed by atoms with van der Waals surface area (Å²) in [5, 5.41) is 14.8.